The van der Waals surface area contributed by atoms with E-state index in [2.05, 4.69) is 29.0 Å². The summed E-state index contributed by atoms with van der Waals surface area (Å²) in [6.45, 7) is 13.5. The summed E-state index contributed by atoms with van der Waals surface area (Å²) in [5.41, 5.74) is 0. The van der Waals surface area contributed by atoms with Crippen LogP contribution in [0.5, 0.6) is 0 Å². The maximum Gasteiger partial charge on any atom is 0.193 e. The van der Waals surface area contributed by atoms with Crippen LogP contribution in [-0.2, 0) is 9.47 Å². The van der Waals surface area contributed by atoms with Gasteiger partial charge in [-0.3, -0.25) is 4.99 Å². The number of hydrogen-bond acceptors (Lipinski definition) is 4. The van der Waals surface area contributed by atoms with Crippen molar-refractivity contribution in [2.45, 2.75) is 52.1 Å². The van der Waals surface area contributed by atoms with Gasteiger partial charge in [-0.05, 0) is 51.5 Å². The summed E-state index contributed by atoms with van der Waals surface area (Å²) in [6.07, 6.45) is 6.26. The molecule has 0 aromatic rings. The highest BCUT2D eigenvalue weighted by atomic mass is 16.5. The molecule has 0 spiro atoms. The zero-order valence-electron chi connectivity index (χ0n) is 17.2. The molecule has 2 heterocycles. The van der Waals surface area contributed by atoms with Gasteiger partial charge in [0.15, 0.2) is 5.96 Å². The number of rotatable bonds is 9. The quantitative estimate of drug-likeness (QED) is 0.384. The number of guanidine groups is 1. The van der Waals surface area contributed by atoms with Crippen molar-refractivity contribution in [2.24, 2.45) is 10.9 Å². The van der Waals surface area contributed by atoms with Gasteiger partial charge in [0.1, 0.15) is 0 Å². The molecule has 2 fully saturated rings. The Bertz CT molecular complexity index is 397. The van der Waals surface area contributed by atoms with E-state index in [0.717, 1.165) is 77.1 Å². The molecule has 6 heteroatoms. The van der Waals surface area contributed by atoms with E-state index >= 15 is 0 Å². The van der Waals surface area contributed by atoms with E-state index in [1.165, 1.54) is 25.9 Å². The van der Waals surface area contributed by atoms with Gasteiger partial charge in [-0.1, -0.05) is 6.92 Å². The van der Waals surface area contributed by atoms with Gasteiger partial charge in [-0.2, -0.15) is 0 Å². The van der Waals surface area contributed by atoms with Crippen molar-refractivity contribution >= 4 is 5.96 Å². The summed E-state index contributed by atoms with van der Waals surface area (Å²) in [7, 11) is 1.74. The van der Waals surface area contributed by atoms with Crippen molar-refractivity contribution in [1.82, 2.24) is 15.1 Å². The molecule has 2 aliphatic heterocycles. The van der Waals surface area contributed by atoms with Crippen LogP contribution in [0.1, 0.15) is 46.0 Å². The number of piperidine rings is 2. The number of methoxy groups -OCH3 is 1. The summed E-state index contributed by atoms with van der Waals surface area (Å²) < 4.78 is 11.0. The van der Waals surface area contributed by atoms with Crippen molar-refractivity contribution in [3.05, 3.63) is 0 Å². The van der Waals surface area contributed by atoms with Gasteiger partial charge in [-0.15, -0.1) is 0 Å². The predicted octanol–water partition coefficient (Wildman–Crippen LogP) is 2.20. The Kier molecular flexibility index (Phi) is 10.3. The molecular weight excluding hydrogens is 328 g/mol. The topological polar surface area (TPSA) is 49.3 Å². The van der Waals surface area contributed by atoms with Crippen molar-refractivity contribution in [3.8, 4) is 0 Å². The van der Waals surface area contributed by atoms with Crippen LogP contribution in [0.4, 0.5) is 0 Å². The fourth-order valence-electron chi connectivity index (χ4n) is 3.90. The van der Waals surface area contributed by atoms with Crippen molar-refractivity contribution in [3.63, 3.8) is 0 Å². The highest BCUT2D eigenvalue weighted by molar-refractivity contribution is 5.80. The summed E-state index contributed by atoms with van der Waals surface area (Å²) in [4.78, 5) is 9.87. The number of nitrogens with one attached hydrogen (secondary N) is 1. The molecule has 2 rings (SSSR count). The first kappa shape index (κ1) is 21.5. The highest BCUT2D eigenvalue weighted by Crippen LogP contribution is 2.16. The third-order valence-electron chi connectivity index (χ3n) is 5.34. The van der Waals surface area contributed by atoms with Crippen LogP contribution >= 0.6 is 0 Å². The third-order valence-corrected chi connectivity index (χ3v) is 5.34. The minimum Gasteiger partial charge on any atom is -0.385 e. The Hall–Kier alpha value is -0.850. The minimum absolute atomic E-state index is 0.390. The van der Waals surface area contributed by atoms with Crippen molar-refractivity contribution in [2.75, 3.05) is 66.1 Å². The SMILES string of the molecule is CCNC(=NCCN1CCCC(C)C1)N1CCC(OCCCOC)CC1. The summed E-state index contributed by atoms with van der Waals surface area (Å²) in [6, 6.07) is 0. The van der Waals surface area contributed by atoms with Gasteiger partial charge in [0, 0.05) is 53.0 Å². The lowest BCUT2D eigenvalue weighted by molar-refractivity contribution is 0.00990. The fourth-order valence-corrected chi connectivity index (χ4v) is 3.90. The zero-order chi connectivity index (χ0) is 18.6. The molecule has 0 aromatic heterocycles. The second-order valence-corrected chi connectivity index (χ2v) is 7.69. The fraction of sp³-hybridized carbons (Fsp3) is 0.950. The Balaban J connectivity index is 1.71. The van der Waals surface area contributed by atoms with Gasteiger partial charge in [0.05, 0.1) is 12.6 Å². The first-order valence-electron chi connectivity index (χ1n) is 10.6. The van der Waals surface area contributed by atoms with E-state index in [0.29, 0.717) is 6.10 Å². The average molecular weight is 369 g/mol. The molecule has 2 saturated heterocycles. The molecule has 0 amide bonds. The van der Waals surface area contributed by atoms with E-state index in [-0.39, 0.29) is 0 Å². The van der Waals surface area contributed by atoms with Crippen LogP contribution in [0.15, 0.2) is 4.99 Å². The highest BCUT2D eigenvalue weighted by Gasteiger charge is 2.22. The molecule has 2 aliphatic rings. The lowest BCUT2D eigenvalue weighted by Crippen LogP contribution is -2.47. The average Bonchev–Trinajstić information content (AvgIpc) is 2.65. The number of nitrogens with zero attached hydrogens (tertiary/aromatic N) is 3. The van der Waals surface area contributed by atoms with E-state index in [4.69, 9.17) is 14.5 Å². The van der Waals surface area contributed by atoms with Crippen LogP contribution in [-0.4, -0.2) is 88.0 Å². The largest absolute Gasteiger partial charge is 0.385 e. The van der Waals surface area contributed by atoms with Gasteiger partial charge >= 0.3 is 0 Å². The summed E-state index contributed by atoms with van der Waals surface area (Å²) in [5.74, 6) is 1.92. The molecule has 6 nitrogen and oxygen atoms in total. The molecular formula is C20H40N4O2. The van der Waals surface area contributed by atoms with Gasteiger partial charge in [-0.25, -0.2) is 0 Å². The normalized spacial score (nSPS) is 23.4. The molecule has 0 saturated carbocycles. The van der Waals surface area contributed by atoms with Gasteiger partial charge in [0.25, 0.3) is 0 Å². The molecule has 0 bridgehead atoms. The number of ether oxygens (including phenoxy) is 2. The molecule has 0 radical (unpaired) electrons. The van der Waals surface area contributed by atoms with E-state index in [1.807, 2.05) is 0 Å². The van der Waals surface area contributed by atoms with Crippen LogP contribution in [0.2, 0.25) is 0 Å². The predicted molar refractivity (Wildman–Crippen MR) is 108 cm³/mol. The molecule has 1 N–H and O–H groups in total. The minimum atomic E-state index is 0.390. The lowest BCUT2D eigenvalue weighted by Gasteiger charge is -2.34. The molecule has 1 unspecified atom stereocenters. The van der Waals surface area contributed by atoms with E-state index in [1.54, 1.807) is 7.11 Å². The van der Waals surface area contributed by atoms with Crippen LogP contribution in [0.25, 0.3) is 0 Å². The zero-order valence-corrected chi connectivity index (χ0v) is 17.2. The summed E-state index contributed by atoms with van der Waals surface area (Å²) in [5, 5.41) is 3.47. The van der Waals surface area contributed by atoms with Crippen LogP contribution in [0, 0.1) is 5.92 Å². The van der Waals surface area contributed by atoms with Crippen LogP contribution < -0.4 is 5.32 Å². The maximum absolute atomic E-state index is 5.97. The number of likely N-dealkylation sites (tertiary alicyclic amines) is 2. The molecule has 26 heavy (non-hydrogen) atoms. The van der Waals surface area contributed by atoms with Crippen molar-refractivity contribution in [1.29, 1.82) is 0 Å². The second-order valence-electron chi connectivity index (χ2n) is 7.69. The lowest BCUT2D eigenvalue weighted by atomic mass is 10.0. The van der Waals surface area contributed by atoms with E-state index in [9.17, 15) is 0 Å². The first-order valence-corrected chi connectivity index (χ1v) is 10.6. The Morgan fingerprint density at radius 2 is 1.96 bits per heavy atom. The summed E-state index contributed by atoms with van der Waals surface area (Å²) >= 11 is 0. The Labute approximate surface area is 160 Å². The molecule has 0 aliphatic carbocycles. The van der Waals surface area contributed by atoms with Crippen LogP contribution in [0.3, 0.4) is 0 Å². The molecule has 1 atom stereocenters. The second kappa shape index (κ2) is 12.5. The van der Waals surface area contributed by atoms with Crippen molar-refractivity contribution < 1.29 is 9.47 Å². The number of aliphatic imine (C=N–C) groups is 1. The van der Waals surface area contributed by atoms with Gasteiger partial charge < -0.3 is 24.6 Å². The number of hydrogen-bond donors (Lipinski definition) is 1. The van der Waals surface area contributed by atoms with Gasteiger partial charge in [0.2, 0.25) is 0 Å². The third kappa shape index (κ3) is 7.80. The Morgan fingerprint density at radius 1 is 1.15 bits per heavy atom. The smallest absolute Gasteiger partial charge is 0.193 e. The maximum atomic E-state index is 5.97. The molecule has 0 aromatic carbocycles. The first-order chi connectivity index (χ1) is 12.7. The monoisotopic (exact) mass is 368 g/mol. The van der Waals surface area contributed by atoms with E-state index < -0.39 is 0 Å². The Morgan fingerprint density at radius 3 is 2.65 bits per heavy atom. The molecule has 152 valence electrons. The standard InChI is InChI=1S/C20H40N4O2/c1-4-21-20(22-10-14-23-11-5-7-18(2)17-23)24-12-8-19(9-13-24)26-16-6-15-25-3/h18-19H,4-17H2,1-3H3,(H,21,22).